The average molecular weight is 508 g/mol. The Hall–Kier alpha value is -2.78. The molecule has 0 unspecified atom stereocenters. The van der Waals surface area contributed by atoms with Gasteiger partial charge in [0, 0.05) is 30.4 Å². The molecule has 3 aromatic rings. The van der Waals surface area contributed by atoms with Gasteiger partial charge in [-0.1, -0.05) is 30.0 Å². The van der Waals surface area contributed by atoms with Crippen LogP contribution in [0.15, 0.2) is 40.9 Å². The zero-order valence-electron chi connectivity index (χ0n) is 20.5. The minimum Gasteiger partial charge on any atom is -0.451 e. The number of piperidine rings is 1. The molecule has 2 aromatic heterocycles. The lowest BCUT2D eigenvalue weighted by Gasteiger charge is -2.35. The molecule has 2 N–H and O–H groups in total. The Morgan fingerprint density at radius 3 is 2.67 bits per heavy atom. The van der Waals surface area contributed by atoms with Gasteiger partial charge in [0.2, 0.25) is 5.78 Å². The van der Waals surface area contributed by atoms with Crippen molar-refractivity contribution in [3.05, 3.63) is 42.3 Å². The summed E-state index contributed by atoms with van der Waals surface area (Å²) in [7, 11) is 0. The summed E-state index contributed by atoms with van der Waals surface area (Å²) in [6.07, 6.45) is 11.2. The second-order valence-electron chi connectivity index (χ2n) is 10.4. The number of hydrogen-bond acceptors (Lipinski definition) is 8. The van der Waals surface area contributed by atoms with Crippen LogP contribution < -0.4 is 9.62 Å². The number of aliphatic hydroxyl groups is 1. The van der Waals surface area contributed by atoms with E-state index in [1.807, 2.05) is 18.3 Å². The number of carbonyl (C=O) groups is 1. The first-order chi connectivity index (χ1) is 17.6. The summed E-state index contributed by atoms with van der Waals surface area (Å²) < 4.78 is 11.1. The number of aliphatic hydroxyl groups excluding tert-OH is 1. The van der Waals surface area contributed by atoms with Gasteiger partial charge in [-0.2, -0.15) is 0 Å². The molecule has 3 aliphatic rings. The van der Waals surface area contributed by atoms with E-state index in [0.717, 1.165) is 55.8 Å². The number of benzene rings is 1. The van der Waals surface area contributed by atoms with Crippen molar-refractivity contribution < 1.29 is 14.3 Å². The molecule has 0 bridgehead atoms. The molecule has 0 amide bonds. The lowest BCUT2D eigenvalue weighted by Crippen LogP contribution is -2.35. The Bertz CT molecular complexity index is 1220. The molecule has 8 nitrogen and oxygen atoms in total. The van der Waals surface area contributed by atoms with E-state index in [9.17, 15) is 4.79 Å². The van der Waals surface area contributed by atoms with Crippen molar-refractivity contribution >= 4 is 29.1 Å². The average Bonchev–Trinajstić information content (AvgIpc) is 3.40. The highest BCUT2D eigenvalue weighted by atomic mass is 32.2. The van der Waals surface area contributed by atoms with E-state index >= 15 is 0 Å². The summed E-state index contributed by atoms with van der Waals surface area (Å²) in [6, 6.07) is 9.85. The summed E-state index contributed by atoms with van der Waals surface area (Å²) in [5.74, 6) is 1.81. The summed E-state index contributed by atoms with van der Waals surface area (Å²) in [6.45, 7) is 2.21. The van der Waals surface area contributed by atoms with E-state index in [-0.39, 0.29) is 18.3 Å². The molecule has 3 heterocycles. The lowest BCUT2D eigenvalue weighted by atomic mass is 9.93. The van der Waals surface area contributed by atoms with Gasteiger partial charge in [0.15, 0.2) is 11.5 Å². The number of furan rings is 1. The van der Waals surface area contributed by atoms with Gasteiger partial charge < -0.3 is 19.1 Å². The van der Waals surface area contributed by atoms with Crippen molar-refractivity contribution in [3.8, 4) is 17.1 Å². The van der Waals surface area contributed by atoms with Crippen LogP contribution in [0.1, 0.15) is 61.9 Å². The normalized spacial score (nSPS) is 19.2. The van der Waals surface area contributed by atoms with Crippen LogP contribution in [0.2, 0.25) is 0 Å². The minimum atomic E-state index is 0.0872. The second kappa shape index (κ2) is 9.94. The molecule has 0 atom stereocenters. The number of ketones is 1. The third kappa shape index (κ3) is 4.78. The number of Topliss-reactive ketones (excluding diaryl/α,β-unsaturated/α-hetero) is 1. The highest BCUT2D eigenvalue weighted by Gasteiger charge is 2.44. The van der Waals surface area contributed by atoms with Crippen LogP contribution in [-0.4, -0.2) is 51.3 Å². The van der Waals surface area contributed by atoms with E-state index in [1.165, 1.54) is 37.6 Å². The maximum Gasteiger partial charge on any atom is 0.201 e. The number of nitrogens with zero attached hydrogens (tertiary/aromatic N) is 4. The quantitative estimate of drug-likeness (QED) is 0.228. The fourth-order valence-electron chi connectivity index (χ4n) is 5.60. The number of hydrogen-bond donors (Lipinski definition) is 2. The Labute approximate surface area is 215 Å². The van der Waals surface area contributed by atoms with Gasteiger partial charge in [-0.25, -0.2) is 4.68 Å². The van der Waals surface area contributed by atoms with Crippen LogP contribution in [0.25, 0.3) is 17.1 Å². The van der Waals surface area contributed by atoms with Crippen molar-refractivity contribution in [2.75, 3.05) is 35.1 Å². The van der Waals surface area contributed by atoms with Crippen LogP contribution in [0.5, 0.6) is 0 Å². The topological polar surface area (TPSA) is 96.4 Å². The maximum absolute atomic E-state index is 12.8. The smallest absolute Gasteiger partial charge is 0.201 e. The molecule has 2 saturated carbocycles. The van der Waals surface area contributed by atoms with Gasteiger partial charge >= 0.3 is 0 Å². The molecular formula is C27H33N5O3S. The molecule has 9 heteroatoms. The largest absolute Gasteiger partial charge is 0.451 e. The number of aromatic nitrogens is 3. The first kappa shape index (κ1) is 23.6. The standard InChI is InChI=1S/C27H33N5O3S/c33-15-16-36-29-20-5-6-22(23(17-20)31-13-11-27(9-10-27)12-14-31)32-18-21(28-30-32)24-7-8-25(35-24)26(34)19-3-1-2-4-19/h5-8,17-19,29,33H,1-4,9-16H2. The Morgan fingerprint density at radius 2 is 1.92 bits per heavy atom. The van der Waals surface area contributed by atoms with Crippen LogP contribution in [0, 0.1) is 11.3 Å². The van der Waals surface area contributed by atoms with Gasteiger partial charge in [0.1, 0.15) is 5.69 Å². The van der Waals surface area contributed by atoms with E-state index in [0.29, 0.717) is 28.4 Å². The summed E-state index contributed by atoms with van der Waals surface area (Å²) in [4.78, 5) is 15.2. The van der Waals surface area contributed by atoms with Crippen molar-refractivity contribution in [1.82, 2.24) is 15.0 Å². The fourth-order valence-corrected chi connectivity index (χ4v) is 6.09. The van der Waals surface area contributed by atoms with Crippen molar-refractivity contribution in [2.24, 2.45) is 11.3 Å². The molecule has 1 aliphatic heterocycles. The van der Waals surface area contributed by atoms with Crippen molar-refractivity contribution in [1.29, 1.82) is 0 Å². The van der Waals surface area contributed by atoms with Gasteiger partial charge in [-0.05, 0) is 74.3 Å². The van der Waals surface area contributed by atoms with E-state index < -0.39 is 0 Å². The monoisotopic (exact) mass is 507 g/mol. The SMILES string of the molecule is O=C(c1ccc(-c2cn(-c3ccc(NSCCO)cc3N3CCC4(CC3)CC4)nn2)o1)C1CCCC1. The molecule has 1 spiro atoms. The van der Waals surface area contributed by atoms with Crippen LogP contribution in [0.3, 0.4) is 0 Å². The zero-order chi connectivity index (χ0) is 24.5. The van der Waals surface area contributed by atoms with Gasteiger partial charge in [-0.15, -0.1) is 5.10 Å². The molecule has 1 aromatic carbocycles. The first-order valence-corrected chi connectivity index (χ1v) is 14.1. The van der Waals surface area contributed by atoms with E-state index in [2.05, 4.69) is 32.1 Å². The van der Waals surface area contributed by atoms with Crippen LogP contribution in [-0.2, 0) is 0 Å². The third-order valence-electron chi connectivity index (χ3n) is 8.05. The van der Waals surface area contributed by atoms with Gasteiger partial charge in [0.05, 0.1) is 24.2 Å². The minimum absolute atomic E-state index is 0.0872. The highest BCUT2D eigenvalue weighted by Crippen LogP contribution is 2.54. The van der Waals surface area contributed by atoms with E-state index in [1.54, 1.807) is 10.7 Å². The lowest BCUT2D eigenvalue weighted by molar-refractivity contribution is 0.0895. The summed E-state index contributed by atoms with van der Waals surface area (Å²) >= 11 is 1.49. The summed E-state index contributed by atoms with van der Waals surface area (Å²) in [5.41, 5.74) is 4.29. The molecule has 1 saturated heterocycles. The zero-order valence-corrected chi connectivity index (χ0v) is 21.3. The molecule has 3 fully saturated rings. The molecule has 6 rings (SSSR count). The van der Waals surface area contributed by atoms with Crippen LogP contribution in [0.4, 0.5) is 11.4 Å². The van der Waals surface area contributed by atoms with Crippen molar-refractivity contribution in [3.63, 3.8) is 0 Å². The van der Waals surface area contributed by atoms with E-state index in [4.69, 9.17) is 9.52 Å². The molecule has 36 heavy (non-hydrogen) atoms. The molecular weight excluding hydrogens is 474 g/mol. The second-order valence-corrected chi connectivity index (χ2v) is 11.3. The number of carbonyl (C=O) groups excluding carboxylic acids is 1. The molecule has 0 radical (unpaired) electrons. The maximum atomic E-state index is 12.8. The highest BCUT2D eigenvalue weighted by molar-refractivity contribution is 8.00. The number of anilines is 2. The Balaban J connectivity index is 1.25. The Kier molecular flexibility index (Phi) is 6.52. The molecule has 190 valence electrons. The van der Waals surface area contributed by atoms with Gasteiger partial charge in [-0.3, -0.25) is 4.79 Å². The number of rotatable bonds is 9. The first-order valence-electron chi connectivity index (χ1n) is 13.1. The molecule has 2 aliphatic carbocycles. The fraction of sp³-hybridized carbons (Fsp3) is 0.519. The summed E-state index contributed by atoms with van der Waals surface area (Å²) in [5, 5.41) is 17.9. The third-order valence-corrected chi connectivity index (χ3v) is 8.81. The Morgan fingerprint density at radius 1 is 1.11 bits per heavy atom. The van der Waals surface area contributed by atoms with Crippen molar-refractivity contribution in [2.45, 2.75) is 51.4 Å². The van der Waals surface area contributed by atoms with Crippen LogP contribution >= 0.6 is 11.9 Å². The predicted molar refractivity (Wildman–Crippen MR) is 142 cm³/mol. The van der Waals surface area contributed by atoms with Gasteiger partial charge in [0.25, 0.3) is 0 Å². The number of nitrogens with one attached hydrogen (secondary N) is 1. The predicted octanol–water partition coefficient (Wildman–Crippen LogP) is 5.33.